The Labute approximate surface area is 110 Å². The number of hydrogen-bond donors (Lipinski definition) is 3. The van der Waals surface area contributed by atoms with Crippen LogP contribution in [0, 0.1) is 12.3 Å². The molecule has 0 saturated carbocycles. The Morgan fingerprint density at radius 1 is 1.42 bits per heavy atom. The Bertz CT molecular complexity index is 366. The molecule has 5 atom stereocenters. The highest BCUT2D eigenvalue weighted by molar-refractivity contribution is 4.93. The van der Waals surface area contributed by atoms with Crippen LogP contribution in [0.4, 0.5) is 0 Å². The average molecular weight is 271 g/mol. The maximum atomic E-state index is 9.82. The Morgan fingerprint density at radius 3 is 2.74 bits per heavy atom. The summed E-state index contributed by atoms with van der Waals surface area (Å²) < 4.78 is 10.6. The van der Waals surface area contributed by atoms with Gasteiger partial charge in [0.05, 0.1) is 19.3 Å². The Morgan fingerprint density at radius 2 is 2.16 bits per heavy atom. The quantitative estimate of drug-likeness (QED) is 0.198. The van der Waals surface area contributed by atoms with Gasteiger partial charge in [0.2, 0.25) is 0 Å². The molecule has 106 valence electrons. The van der Waals surface area contributed by atoms with E-state index in [0.717, 1.165) is 0 Å². The van der Waals surface area contributed by atoms with Gasteiger partial charge in [-0.15, -0.1) is 12.3 Å². The molecule has 1 rings (SSSR count). The number of azide groups is 1. The van der Waals surface area contributed by atoms with E-state index in [1.54, 1.807) is 0 Å². The van der Waals surface area contributed by atoms with Crippen molar-refractivity contribution >= 4 is 0 Å². The minimum absolute atomic E-state index is 0.257. The molecule has 1 saturated heterocycles. The summed E-state index contributed by atoms with van der Waals surface area (Å²) in [6.45, 7) is -0.224. The van der Waals surface area contributed by atoms with Crippen LogP contribution in [0.1, 0.15) is 12.8 Å². The van der Waals surface area contributed by atoms with Gasteiger partial charge in [-0.05, 0) is 12.0 Å². The first-order valence-electron chi connectivity index (χ1n) is 5.87. The number of aliphatic hydroxyl groups excluding tert-OH is 3. The molecule has 0 aromatic heterocycles. The predicted molar refractivity (Wildman–Crippen MR) is 64.7 cm³/mol. The van der Waals surface area contributed by atoms with E-state index in [2.05, 4.69) is 15.9 Å². The van der Waals surface area contributed by atoms with Gasteiger partial charge in [-0.3, -0.25) is 0 Å². The summed E-state index contributed by atoms with van der Waals surface area (Å²) in [6.07, 6.45) is 1.49. The molecule has 8 heteroatoms. The van der Waals surface area contributed by atoms with Crippen LogP contribution in [0.15, 0.2) is 5.11 Å². The molecule has 0 bridgehead atoms. The molecule has 1 fully saturated rings. The Balaban J connectivity index is 2.67. The zero-order valence-corrected chi connectivity index (χ0v) is 10.3. The number of terminal acetylenes is 1. The third kappa shape index (κ3) is 4.08. The van der Waals surface area contributed by atoms with E-state index < -0.39 is 37.3 Å². The second-order valence-electron chi connectivity index (χ2n) is 4.08. The molecule has 0 aliphatic carbocycles. The summed E-state index contributed by atoms with van der Waals surface area (Å²) in [5.74, 6) is 2.45. The van der Waals surface area contributed by atoms with Gasteiger partial charge in [0, 0.05) is 11.3 Å². The molecule has 19 heavy (non-hydrogen) atoms. The van der Waals surface area contributed by atoms with Gasteiger partial charge in [0.15, 0.2) is 6.29 Å². The molecule has 2 unspecified atom stereocenters. The lowest BCUT2D eigenvalue weighted by Crippen LogP contribution is -2.58. The van der Waals surface area contributed by atoms with Crippen molar-refractivity contribution in [1.29, 1.82) is 0 Å². The molecule has 0 amide bonds. The lowest BCUT2D eigenvalue weighted by molar-refractivity contribution is -0.265. The van der Waals surface area contributed by atoms with Gasteiger partial charge < -0.3 is 24.8 Å². The average Bonchev–Trinajstić information content (AvgIpc) is 2.42. The fraction of sp³-hybridized carbons (Fsp3) is 0.818. The van der Waals surface area contributed by atoms with Gasteiger partial charge in [-0.2, -0.15) is 0 Å². The highest BCUT2D eigenvalue weighted by atomic mass is 16.7. The van der Waals surface area contributed by atoms with Crippen LogP contribution in [0.2, 0.25) is 0 Å². The van der Waals surface area contributed by atoms with E-state index in [1.807, 2.05) is 0 Å². The lowest BCUT2D eigenvalue weighted by atomic mass is 9.98. The second-order valence-corrected chi connectivity index (χ2v) is 4.08. The van der Waals surface area contributed by atoms with E-state index in [4.69, 9.17) is 26.5 Å². The zero-order valence-electron chi connectivity index (χ0n) is 10.3. The fourth-order valence-electron chi connectivity index (χ4n) is 1.76. The molecule has 1 aliphatic heterocycles. The maximum Gasteiger partial charge on any atom is 0.169 e. The van der Waals surface area contributed by atoms with Crippen molar-refractivity contribution in [1.82, 2.24) is 0 Å². The van der Waals surface area contributed by atoms with Crippen LogP contribution >= 0.6 is 0 Å². The van der Waals surface area contributed by atoms with Crippen LogP contribution < -0.4 is 0 Å². The molecule has 0 radical (unpaired) electrons. The number of rotatable bonds is 6. The first-order chi connectivity index (χ1) is 9.15. The van der Waals surface area contributed by atoms with Crippen molar-refractivity contribution in [3.05, 3.63) is 10.4 Å². The first kappa shape index (κ1) is 15.7. The van der Waals surface area contributed by atoms with Gasteiger partial charge in [-0.25, -0.2) is 0 Å². The van der Waals surface area contributed by atoms with Crippen LogP contribution in [-0.4, -0.2) is 59.2 Å². The molecule has 0 aromatic rings. The number of hydrogen-bond acceptors (Lipinski definition) is 6. The summed E-state index contributed by atoms with van der Waals surface area (Å²) in [7, 11) is 0. The minimum Gasteiger partial charge on any atom is -0.394 e. The number of unbranched alkanes of at least 4 members (excludes halogenated alkanes) is 1. The molecule has 8 nitrogen and oxygen atoms in total. The smallest absolute Gasteiger partial charge is 0.169 e. The monoisotopic (exact) mass is 271 g/mol. The highest BCUT2D eigenvalue weighted by Crippen LogP contribution is 2.24. The van der Waals surface area contributed by atoms with E-state index >= 15 is 0 Å². The van der Waals surface area contributed by atoms with Crippen molar-refractivity contribution in [3.63, 3.8) is 0 Å². The fourth-order valence-corrected chi connectivity index (χ4v) is 1.76. The van der Waals surface area contributed by atoms with Crippen molar-refractivity contribution in [3.8, 4) is 12.3 Å². The molecule has 0 spiro atoms. The molecular weight excluding hydrogens is 254 g/mol. The Hall–Kier alpha value is -1.33. The van der Waals surface area contributed by atoms with E-state index in [0.29, 0.717) is 12.8 Å². The minimum atomic E-state index is -1.36. The van der Waals surface area contributed by atoms with Gasteiger partial charge in [-0.1, -0.05) is 5.11 Å². The molecular formula is C11H17N3O5. The summed E-state index contributed by atoms with van der Waals surface area (Å²) in [4.78, 5) is 2.59. The molecule has 1 aliphatic rings. The topological polar surface area (TPSA) is 128 Å². The summed E-state index contributed by atoms with van der Waals surface area (Å²) in [6, 6.07) is -1.08. The lowest BCUT2D eigenvalue weighted by Gasteiger charge is -2.40. The summed E-state index contributed by atoms with van der Waals surface area (Å²) in [5, 5.41) is 31.9. The van der Waals surface area contributed by atoms with Crippen LogP contribution in [-0.2, 0) is 9.47 Å². The molecule has 1 heterocycles. The molecule has 0 aromatic carbocycles. The normalized spacial score (nSPS) is 34.3. The zero-order chi connectivity index (χ0) is 14.3. The van der Waals surface area contributed by atoms with Crippen molar-refractivity contribution in [2.75, 3.05) is 13.2 Å². The first-order valence-corrected chi connectivity index (χ1v) is 5.87. The summed E-state index contributed by atoms with van der Waals surface area (Å²) >= 11 is 0. The standard InChI is InChI=1S/C11H17N3O5/c1-2-3-4-5-18-11-8(13-14-12)10(17)9(16)7(6-15)19-11/h1,7-11,15-17H,3-6H2/t7?,8?,9-,10-,11-/m1/s1. The predicted octanol–water partition coefficient (Wildman–Crippen LogP) is -0.466. The van der Waals surface area contributed by atoms with Crippen LogP contribution in [0.3, 0.4) is 0 Å². The SMILES string of the molecule is C#CCCCO[C@@H]1OC(CO)[C@@H](O)[C@H](O)C1N=[N+]=[N-]. The Kier molecular flexibility index (Phi) is 6.59. The largest absolute Gasteiger partial charge is 0.394 e. The van der Waals surface area contributed by atoms with Crippen LogP contribution in [0.25, 0.3) is 10.4 Å². The van der Waals surface area contributed by atoms with E-state index in [9.17, 15) is 10.2 Å². The molecule has 3 N–H and O–H groups in total. The van der Waals surface area contributed by atoms with E-state index in [-0.39, 0.29) is 6.61 Å². The van der Waals surface area contributed by atoms with E-state index in [1.165, 1.54) is 0 Å². The van der Waals surface area contributed by atoms with Crippen molar-refractivity contribution in [2.24, 2.45) is 5.11 Å². The van der Waals surface area contributed by atoms with Gasteiger partial charge in [0.1, 0.15) is 18.2 Å². The third-order valence-electron chi connectivity index (χ3n) is 2.78. The highest BCUT2D eigenvalue weighted by Gasteiger charge is 2.44. The second kappa shape index (κ2) is 7.96. The van der Waals surface area contributed by atoms with Gasteiger partial charge >= 0.3 is 0 Å². The number of ether oxygens (including phenoxy) is 2. The maximum absolute atomic E-state index is 9.82. The van der Waals surface area contributed by atoms with Crippen LogP contribution in [0.5, 0.6) is 0 Å². The number of aliphatic hydroxyl groups is 3. The van der Waals surface area contributed by atoms with Crippen molar-refractivity contribution in [2.45, 2.75) is 43.5 Å². The van der Waals surface area contributed by atoms with Gasteiger partial charge in [0.25, 0.3) is 0 Å². The number of nitrogens with zero attached hydrogens (tertiary/aromatic N) is 3. The van der Waals surface area contributed by atoms with Crippen molar-refractivity contribution < 1.29 is 24.8 Å². The summed E-state index contributed by atoms with van der Waals surface area (Å²) in [5.41, 5.74) is 8.45. The third-order valence-corrected chi connectivity index (χ3v) is 2.78.